The topological polar surface area (TPSA) is 80.9 Å². The van der Waals surface area contributed by atoms with Gasteiger partial charge in [0, 0.05) is 11.3 Å². The maximum atomic E-state index is 12.0. The van der Waals surface area contributed by atoms with Gasteiger partial charge in [-0.1, -0.05) is 11.8 Å². The number of nitrogens with zero attached hydrogens (tertiary/aromatic N) is 2. The van der Waals surface area contributed by atoms with Crippen LogP contribution in [0.25, 0.3) is 0 Å². The van der Waals surface area contributed by atoms with Gasteiger partial charge in [0.25, 0.3) is 5.91 Å². The van der Waals surface area contributed by atoms with E-state index in [1.165, 1.54) is 12.4 Å². The largest absolute Gasteiger partial charge is 0.322 e. The summed E-state index contributed by atoms with van der Waals surface area (Å²) in [6.45, 7) is 2.26. The molecule has 20 heavy (non-hydrogen) atoms. The van der Waals surface area contributed by atoms with Crippen molar-refractivity contribution in [3.05, 3.63) is 53.3 Å². The molecule has 0 aliphatic heterocycles. The lowest BCUT2D eigenvalue weighted by atomic mass is 10.1. The molecule has 2 rings (SSSR count). The third kappa shape index (κ3) is 3.40. The van der Waals surface area contributed by atoms with Crippen LogP contribution in [-0.4, -0.2) is 22.6 Å². The van der Waals surface area contributed by atoms with Gasteiger partial charge in [0.1, 0.15) is 0 Å². The first-order valence-corrected chi connectivity index (χ1v) is 6.08. The van der Waals surface area contributed by atoms with E-state index < -0.39 is 0 Å². The van der Waals surface area contributed by atoms with Crippen LogP contribution in [0.2, 0.25) is 0 Å². The Morgan fingerprint density at radius 3 is 2.85 bits per heavy atom. The van der Waals surface area contributed by atoms with E-state index in [1.54, 1.807) is 12.1 Å². The molecule has 100 valence electrons. The molecule has 0 radical (unpaired) electrons. The Bertz CT molecular complexity index is 671. The number of hydrogen-bond acceptors (Lipinski definition) is 4. The third-order valence-corrected chi connectivity index (χ3v) is 2.66. The zero-order valence-corrected chi connectivity index (χ0v) is 11.1. The predicted octanol–water partition coefficient (Wildman–Crippen LogP) is 1.35. The van der Waals surface area contributed by atoms with Gasteiger partial charge in [-0.3, -0.25) is 4.79 Å². The smallest absolute Gasteiger partial charge is 0.257 e. The van der Waals surface area contributed by atoms with Crippen LogP contribution in [0.1, 0.15) is 21.5 Å². The lowest BCUT2D eigenvalue weighted by Crippen LogP contribution is -2.12. The number of rotatable bonds is 2. The monoisotopic (exact) mass is 266 g/mol. The number of aromatic nitrogens is 2. The molecule has 2 aromatic rings. The van der Waals surface area contributed by atoms with Crippen LogP contribution in [0.3, 0.4) is 0 Å². The number of carbonyl (C=O) groups excluding carboxylic acids is 1. The number of benzene rings is 1. The minimum absolute atomic E-state index is 0.222. The van der Waals surface area contributed by atoms with Crippen LogP contribution in [0.15, 0.2) is 36.7 Å². The molecule has 0 saturated heterocycles. The molecule has 0 aliphatic rings. The second-order valence-electron chi connectivity index (χ2n) is 4.12. The van der Waals surface area contributed by atoms with Crippen LogP contribution < -0.4 is 11.1 Å². The van der Waals surface area contributed by atoms with Gasteiger partial charge in [-0.15, -0.1) is 0 Å². The molecule has 1 aromatic heterocycles. The maximum absolute atomic E-state index is 12.0. The molecule has 0 spiro atoms. The maximum Gasteiger partial charge on any atom is 0.257 e. The highest BCUT2D eigenvalue weighted by molar-refractivity contribution is 6.04. The second-order valence-corrected chi connectivity index (χ2v) is 4.12. The second kappa shape index (κ2) is 6.45. The summed E-state index contributed by atoms with van der Waals surface area (Å²) in [7, 11) is 0. The lowest BCUT2D eigenvalue weighted by Gasteiger charge is -2.06. The molecule has 1 aromatic carbocycles. The van der Waals surface area contributed by atoms with Crippen molar-refractivity contribution in [2.24, 2.45) is 5.73 Å². The van der Waals surface area contributed by atoms with Crippen LogP contribution in [0, 0.1) is 18.8 Å². The molecular formula is C15H14N4O. The van der Waals surface area contributed by atoms with E-state index in [-0.39, 0.29) is 5.91 Å². The van der Waals surface area contributed by atoms with Gasteiger partial charge in [-0.05, 0) is 36.8 Å². The molecule has 0 aliphatic carbocycles. The van der Waals surface area contributed by atoms with Crippen molar-refractivity contribution >= 4 is 11.6 Å². The summed E-state index contributed by atoms with van der Waals surface area (Å²) >= 11 is 0. The first-order chi connectivity index (χ1) is 9.70. The molecule has 0 unspecified atom stereocenters. The van der Waals surface area contributed by atoms with Crippen LogP contribution in [0.4, 0.5) is 5.69 Å². The van der Waals surface area contributed by atoms with Crippen molar-refractivity contribution in [3.8, 4) is 11.8 Å². The van der Waals surface area contributed by atoms with Crippen LogP contribution in [-0.2, 0) is 0 Å². The van der Waals surface area contributed by atoms with Gasteiger partial charge in [0.15, 0.2) is 0 Å². The van der Waals surface area contributed by atoms with E-state index in [1.807, 2.05) is 19.1 Å². The molecule has 3 N–H and O–H groups in total. The summed E-state index contributed by atoms with van der Waals surface area (Å²) in [5.74, 6) is 5.56. The fraction of sp³-hybridized carbons (Fsp3) is 0.133. The Balaban J connectivity index is 2.15. The fourth-order valence-corrected chi connectivity index (χ4v) is 1.66. The van der Waals surface area contributed by atoms with Gasteiger partial charge in [0.05, 0.1) is 24.5 Å². The Hall–Kier alpha value is -2.71. The van der Waals surface area contributed by atoms with E-state index in [0.29, 0.717) is 17.8 Å². The summed E-state index contributed by atoms with van der Waals surface area (Å²) in [5.41, 5.74) is 8.40. The highest BCUT2D eigenvalue weighted by Crippen LogP contribution is 2.15. The first kappa shape index (κ1) is 13.7. The number of amides is 1. The first-order valence-electron chi connectivity index (χ1n) is 6.08. The number of nitrogens with two attached hydrogens (primary N) is 1. The van der Waals surface area contributed by atoms with Crippen molar-refractivity contribution in [2.75, 3.05) is 11.9 Å². The van der Waals surface area contributed by atoms with Crippen molar-refractivity contribution < 1.29 is 4.79 Å². The van der Waals surface area contributed by atoms with Crippen LogP contribution in [0.5, 0.6) is 0 Å². The highest BCUT2D eigenvalue weighted by Gasteiger charge is 2.06. The zero-order valence-electron chi connectivity index (χ0n) is 11.1. The van der Waals surface area contributed by atoms with E-state index in [4.69, 9.17) is 5.73 Å². The SMILES string of the molecule is Cc1cc(NC(=O)c2ccnnc2)ccc1C#CCN. The summed E-state index contributed by atoms with van der Waals surface area (Å²) < 4.78 is 0. The minimum atomic E-state index is -0.222. The van der Waals surface area contributed by atoms with Gasteiger partial charge in [-0.2, -0.15) is 10.2 Å². The third-order valence-electron chi connectivity index (χ3n) is 2.66. The quantitative estimate of drug-likeness (QED) is 0.804. The fourth-order valence-electron chi connectivity index (χ4n) is 1.66. The molecule has 0 atom stereocenters. The van der Waals surface area contributed by atoms with E-state index in [0.717, 1.165) is 11.1 Å². The molecule has 0 saturated carbocycles. The predicted molar refractivity (Wildman–Crippen MR) is 77.1 cm³/mol. The van der Waals surface area contributed by atoms with Crippen molar-refractivity contribution in [1.82, 2.24) is 10.2 Å². The average Bonchev–Trinajstić information content (AvgIpc) is 2.47. The number of carbonyl (C=O) groups is 1. The molecule has 0 fully saturated rings. The summed E-state index contributed by atoms with van der Waals surface area (Å²) in [5, 5.41) is 10.1. The standard InChI is InChI=1S/C15H14N4O/c1-11-9-14(5-4-12(11)3-2-7-16)19-15(20)13-6-8-17-18-10-13/h4-6,8-10H,7,16H2,1H3,(H,19,20). The van der Waals surface area contributed by atoms with Crippen molar-refractivity contribution in [3.63, 3.8) is 0 Å². The van der Waals surface area contributed by atoms with Gasteiger partial charge in [-0.25, -0.2) is 0 Å². The Labute approximate surface area is 117 Å². The van der Waals surface area contributed by atoms with E-state index >= 15 is 0 Å². The molecule has 5 heteroatoms. The number of aryl methyl sites for hydroxylation is 1. The normalized spacial score (nSPS) is 9.50. The zero-order chi connectivity index (χ0) is 14.4. The Morgan fingerprint density at radius 1 is 1.35 bits per heavy atom. The molecule has 0 bridgehead atoms. The molecule has 1 heterocycles. The number of hydrogen-bond donors (Lipinski definition) is 2. The van der Waals surface area contributed by atoms with Crippen molar-refractivity contribution in [1.29, 1.82) is 0 Å². The van der Waals surface area contributed by atoms with Crippen LogP contribution >= 0.6 is 0 Å². The lowest BCUT2D eigenvalue weighted by molar-refractivity contribution is 0.102. The average molecular weight is 266 g/mol. The molecule has 5 nitrogen and oxygen atoms in total. The van der Waals surface area contributed by atoms with Gasteiger partial charge in [0.2, 0.25) is 0 Å². The summed E-state index contributed by atoms with van der Waals surface area (Å²) in [6.07, 6.45) is 2.90. The summed E-state index contributed by atoms with van der Waals surface area (Å²) in [4.78, 5) is 12.0. The van der Waals surface area contributed by atoms with Crippen molar-refractivity contribution in [2.45, 2.75) is 6.92 Å². The number of anilines is 1. The molecular weight excluding hydrogens is 252 g/mol. The van der Waals surface area contributed by atoms with E-state index in [9.17, 15) is 4.79 Å². The molecule has 1 amide bonds. The van der Waals surface area contributed by atoms with Gasteiger partial charge < -0.3 is 11.1 Å². The minimum Gasteiger partial charge on any atom is -0.322 e. The Kier molecular flexibility index (Phi) is 4.43. The highest BCUT2D eigenvalue weighted by atomic mass is 16.1. The van der Waals surface area contributed by atoms with Gasteiger partial charge >= 0.3 is 0 Å². The van der Waals surface area contributed by atoms with E-state index in [2.05, 4.69) is 27.4 Å². The summed E-state index contributed by atoms with van der Waals surface area (Å²) in [6, 6.07) is 7.14. The number of nitrogens with one attached hydrogen (secondary N) is 1. The Morgan fingerprint density at radius 2 is 2.20 bits per heavy atom.